The van der Waals surface area contributed by atoms with Crippen LogP contribution in [-0.4, -0.2) is 36.3 Å². The van der Waals surface area contributed by atoms with E-state index in [-0.39, 0.29) is 12.3 Å². The predicted octanol–water partition coefficient (Wildman–Crippen LogP) is 3.27. The number of urea groups is 1. The number of nitrogens with zero attached hydrogens (tertiary/aromatic N) is 1. The maximum Gasteiger partial charge on any atom is 0.325 e. The molecule has 146 valence electrons. The van der Waals surface area contributed by atoms with E-state index in [4.69, 9.17) is 4.74 Å². The van der Waals surface area contributed by atoms with Crippen molar-refractivity contribution >= 4 is 17.7 Å². The van der Waals surface area contributed by atoms with E-state index < -0.39 is 17.5 Å². The molecule has 28 heavy (non-hydrogen) atoms. The van der Waals surface area contributed by atoms with Crippen molar-refractivity contribution in [1.29, 1.82) is 0 Å². The highest BCUT2D eigenvalue weighted by molar-refractivity contribution is 6.11. The molecule has 2 aromatic carbocycles. The Bertz CT molecular complexity index is 965. The van der Waals surface area contributed by atoms with Crippen molar-refractivity contribution in [3.8, 4) is 5.75 Å². The third kappa shape index (κ3) is 3.26. The van der Waals surface area contributed by atoms with E-state index in [1.807, 2.05) is 32.9 Å². The van der Waals surface area contributed by atoms with Crippen molar-refractivity contribution in [2.45, 2.75) is 33.2 Å². The van der Waals surface area contributed by atoms with Crippen LogP contribution in [0.5, 0.6) is 5.75 Å². The van der Waals surface area contributed by atoms with Gasteiger partial charge in [-0.3, -0.25) is 14.5 Å². The molecule has 1 aliphatic heterocycles. The van der Waals surface area contributed by atoms with Gasteiger partial charge in [0.1, 0.15) is 11.3 Å². The number of hydrogen-bond acceptors (Lipinski definition) is 4. The molecule has 2 aromatic rings. The molecule has 0 bridgehead atoms. The van der Waals surface area contributed by atoms with E-state index in [1.165, 1.54) is 0 Å². The molecule has 0 radical (unpaired) electrons. The van der Waals surface area contributed by atoms with E-state index in [2.05, 4.69) is 5.32 Å². The van der Waals surface area contributed by atoms with Gasteiger partial charge in [0.25, 0.3) is 5.91 Å². The van der Waals surface area contributed by atoms with Crippen LogP contribution < -0.4 is 10.1 Å². The average molecular weight is 380 g/mol. The molecule has 1 heterocycles. The zero-order valence-electron chi connectivity index (χ0n) is 16.8. The first kappa shape index (κ1) is 19.6. The van der Waals surface area contributed by atoms with Crippen molar-refractivity contribution in [1.82, 2.24) is 10.2 Å². The molecular weight excluding hydrogens is 356 g/mol. The summed E-state index contributed by atoms with van der Waals surface area (Å²) < 4.78 is 5.14. The molecule has 0 spiro atoms. The van der Waals surface area contributed by atoms with E-state index in [9.17, 15) is 14.4 Å². The summed E-state index contributed by atoms with van der Waals surface area (Å²) in [6.45, 7) is 7.11. The zero-order valence-corrected chi connectivity index (χ0v) is 16.8. The number of benzene rings is 2. The van der Waals surface area contributed by atoms with Crippen LogP contribution in [0.25, 0.3) is 0 Å². The molecule has 6 heteroatoms. The Kier molecular flexibility index (Phi) is 4.98. The van der Waals surface area contributed by atoms with E-state index in [0.717, 1.165) is 21.6 Å². The molecule has 0 aliphatic carbocycles. The Hall–Kier alpha value is -3.15. The molecule has 1 unspecified atom stereocenters. The summed E-state index contributed by atoms with van der Waals surface area (Å²) in [5, 5.41) is 2.72. The van der Waals surface area contributed by atoms with Gasteiger partial charge in [0.15, 0.2) is 5.78 Å². The molecule has 1 fully saturated rings. The van der Waals surface area contributed by atoms with Crippen LogP contribution in [-0.2, 0) is 10.3 Å². The lowest BCUT2D eigenvalue weighted by Gasteiger charge is -2.22. The maximum absolute atomic E-state index is 13.0. The second-order valence-electron chi connectivity index (χ2n) is 7.35. The standard InChI is InChI=1S/C22H24N2O4/c1-13-10-15(3)18(11-14(13)2)19(25)12-24-20(26)22(4,23-21(24)27)16-6-8-17(28-5)9-7-16/h6-11H,12H2,1-5H3,(H,23,27). The quantitative estimate of drug-likeness (QED) is 0.638. The van der Waals surface area contributed by atoms with Gasteiger partial charge in [-0.2, -0.15) is 0 Å². The van der Waals surface area contributed by atoms with Gasteiger partial charge < -0.3 is 10.1 Å². The second kappa shape index (κ2) is 7.11. The number of aryl methyl sites for hydroxylation is 3. The zero-order chi connectivity index (χ0) is 20.6. The van der Waals surface area contributed by atoms with E-state index in [1.54, 1.807) is 38.3 Å². The normalized spacial score (nSPS) is 19.0. The Morgan fingerprint density at radius 3 is 2.25 bits per heavy atom. The molecule has 3 rings (SSSR count). The maximum atomic E-state index is 13.0. The number of ether oxygens (including phenoxy) is 1. The van der Waals surface area contributed by atoms with Gasteiger partial charge in [-0.1, -0.05) is 18.2 Å². The molecule has 3 amide bonds. The predicted molar refractivity (Wildman–Crippen MR) is 106 cm³/mol. The minimum atomic E-state index is -1.22. The number of carbonyl (C=O) groups excluding carboxylic acids is 3. The van der Waals surface area contributed by atoms with Crippen molar-refractivity contribution in [2.24, 2.45) is 0 Å². The molecule has 0 saturated carbocycles. The number of ketones is 1. The highest BCUT2D eigenvalue weighted by Gasteiger charge is 2.49. The Labute approximate surface area is 164 Å². The van der Waals surface area contributed by atoms with Crippen molar-refractivity contribution in [3.05, 3.63) is 64.2 Å². The van der Waals surface area contributed by atoms with Crippen molar-refractivity contribution in [2.75, 3.05) is 13.7 Å². The minimum Gasteiger partial charge on any atom is -0.497 e. The lowest BCUT2D eigenvalue weighted by molar-refractivity contribution is -0.130. The topological polar surface area (TPSA) is 75.7 Å². The summed E-state index contributed by atoms with van der Waals surface area (Å²) in [5.41, 5.74) is 2.86. The van der Waals surface area contributed by atoms with Crippen LogP contribution >= 0.6 is 0 Å². The number of hydrogen-bond donors (Lipinski definition) is 1. The molecule has 0 aromatic heterocycles. The summed E-state index contributed by atoms with van der Waals surface area (Å²) in [7, 11) is 1.56. The van der Waals surface area contributed by atoms with Gasteiger partial charge in [-0.15, -0.1) is 0 Å². The number of nitrogens with one attached hydrogen (secondary N) is 1. The Morgan fingerprint density at radius 2 is 1.64 bits per heavy atom. The summed E-state index contributed by atoms with van der Waals surface area (Å²) in [6, 6.07) is 10.1. The van der Waals surface area contributed by atoms with E-state index in [0.29, 0.717) is 16.9 Å². The first-order valence-electron chi connectivity index (χ1n) is 9.07. The van der Waals surface area contributed by atoms with Gasteiger partial charge >= 0.3 is 6.03 Å². The number of amides is 3. The van der Waals surface area contributed by atoms with Crippen LogP contribution in [0.15, 0.2) is 36.4 Å². The van der Waals surface area contributed by atoms with Crippen LogP contribution in [0.1, 0.15) is 39.5 Å². The van der Waals surface area contributed by atoms with Crippen LogP contribution in [0.2, 0.25) is 0 Å². The SMILES string of the molecule is COc1ccc(C2(C)NC(=O)N(CC(=O)c3cc(C)c(C)cc3C)C2=O)cc1. The van der Waals surface area contributed by atoms with E-state index >= 15 is 0 Å². The summed E-state index contributed by atoms with van der Waals surface area (Å²) in [6.07, 6.45) is 0. The molecule has 1 aliphatic rings. The second-order valence-corrected chi connectivity index (χ2v) is 7.35. The summed E-state index contributed by atoms with van der Waals surface area (Å²) in [4.78, 5) is 39.3. The average Bonchev–Trinajstić information content (AvgIpc) is 2.88. The number of Topliss-reactive ketones (excluding diaryl/α,β-unsaturated/α-hetero) is 1. The first-order chi connectivity index (χ1) is 13.2. The van der Waals surface area contributed by atoms with Crippen LogP contribution in [0.4, 0.5) is 4.79 Å². The number of carbonyl (C=O) groups is 3. The third-order valence-electron chi connectivity index (χ3n) is 5.39. The highest BCUT2D eigenvalue weighted by Crippen LogP contribution is 2.30. The molecule has 1 N–H and O–H groups in total. The monoisotopic (exact) mass is 380 g/mol. The fraction of sp³-hybridized carbons (Fsp3) is 0.318. The van der Waals surface area contributed by atoms with Gasteiger partial charge in [0, 0.05) is 5.56 Å². The first-order valence-corrected chi connectivity index (χ1v) is 9.07. The van der Waals surface area contributed by atoms with Crippen molar-refractivity contribution in [3.63, 3.8) is 0 Å². The molecular formula is C22H24N2O4. The molecule has 1 saturated heterocycles. The van der Waals surface area contributed by atoms with Gasteiger partial charge in [0.2, 0.25) is 0 Å². The smallest absolute Gasteiger partial charge is 0.325 e. The Morgan fingerprint density at radius 1 is 1.04 bits per heavy atom. The summed E-state index contributed by atoms with van der Waals surface area (Å²) in [5.74, 6) is -0.0537. The fourth-order valence-corrected chi connectivity index (χ4v) is 3.45. The van der Waals surface area contributed by atoms with Crippen LogP contribution in [0.3, 0.4) is 0 Å². The third-order valence-corrected chi connectivity index (χ3v) is 5.39. The van der Waals surface area contributed by atoms with Crippen molar-refractivity contribution < 1.29 is 19.1 Å². The molecule has 6 nitrogen and oxygen atoms in total. The number of methoxy groups -OCH3 is 1. The van der Waals surface area contributed by atoms with Gasteiger partial charge in [0.05, 0.1) is 13.7 Å². The van der Waals surface area contributed by atoms with Gasteiger partial charge in [-0.05, 0) is 68.1 Å². The number of imide groups is 1. The van der Waals surface area contributed by atoms with Crippen LogP contribution in [0, 0.1) is 20.8 Å². The van der Waals surface area contributed by atoms with Gasteiger partial charge in [-0.25, -0.2) is 4.79 Å². The summed E-state index contributed by atoms with van der Waals surface area (Å²) >= 11 is 0. The molecule has 1 atom stereocenters. The fourth-order valence-electron chi connectivity index (χ4n) is 3.45. The number of rotatable bonds is 5. The lowest BCUT2D eigenvalue weighted by Crippen LogP contribution is -2.41. The minimum absolute atomic E-state index is 0.261. The largest absolute Gasteiger partial charge is 0.497 e. The Balaban J connectivity index is 1.85. The lowest BCUT2D eigenvalue weighted by atomic mass is 9.92. The highest BCUT2D eigenvalue weighted by atomic mass is 16.5.